The standard InChI is InChI=1S/C26H36N2O5S/c1-6-33-23(32)19-18-22(31)28(17(15-29)14-16-10-8-7-9-11-16)20(21(30)27-24(2,3)4)26(18)13-12-25(19,5)34-26/h7-11,17-20,29H,6,12-15H2,1-5H3,(H,27,30)/t17-,18+,19-,20?,25+,26?/m1/s1. The Balaban J connectivity index is 1.78. The van der Waals surface area contributed by atoms with Crippen LogP contribution in [-0.2, 0) is 25.5 Å². The summed E-state index contributed by atoms with van der Waals surface area (Å²) in [6.45, 7) is 9.50. The van der Waals surface area contributed by atoms with Crippen LogP contribution in [0, 0.1) is 11.8 Å². The second kappa shape index (κ2) is 8.86. The van der Waals surface area contributed by atoms with Gasteiger partial charge in [-0.05, 0) is 59.4 Å². The van der Waals surface area contributed by atoms with Gasteiger partial charge in [-0.15, -0.1) is 11.8 Å². The summed E-state index contributed by atoms with van der Waals surface area (Å²) in [5, 5.41) is 13.5. The summed E-state index contributed by atoms with van der Waals surface area (Å²) < 4.78 is 4.25. The molecule has 0 saturated carbocycles. The van der Waals surface area contributed by atoms with Crippen molar-refractivity contribution in [3.63, 3.8) is 0 Å². The summed E-state index contributed by atoms with van der Waals surface area (Å²) in [5.41, 5.74) is 0.491. The Labute approximate surface area is 206 Å². The number of likely N-dealkylation sites (tertiary alicyclic amines) is 1. The van der Waals surface area contributed by atoms with E-state index in [-0.39, 0.29) is 31.0 Å². The third-order valence-electron chi connectivity index (χ3n) is 7.42. The van der Waals surface area contributed by atoms with Crippen molar-refractivity contribution in [2.45, 2.75) is 81.0 Å². The highest BCUT2D eigenvalue weighted by Gasteiger charge is 2.78. The Morgan fingerprint density at radius 1 is 1.26 bits per heavy atom. The van der Waals surface area contributed by atoms with Crippen LogP contribution in [0.3, 0.4) is 0 Å². The number of amides is 2. The van der Waals surface area contributed by atoms with Crippen molar-refractivity contribution in [3.05, 3.63) is 35.9 Å². The number of fused-ring (bicyclic) bond motifs is 1. The molecule has 34 heavy (non-hydrogen) atoms. The summed E-state index contributed by atoms with van der Waals surface area (Å²) in [4.78, 5) is 42.6. The second-order valence-electron chi connectivity index (χ2n) is 11.0. The lowest BCUT2D eigenvalue weighted by Crippen LogP contribution is -2.59. The number of rotatable bonds is 7. The molecule has 6 atom stereocenters. The molecule has 2 bridgehead atoms. The molecule has 3 aliphatic heterocycles. The van der Waals surface area contributed by atoms with Gasteiger partial charge in [0.1, 0.15) is 6.04 Å². The SMILES string of the molecule is CCOC(=O)[C@H]1[C@H]2C(=O)N([C@@H](CO)Cc3ccccc3)C(C(=O)NC(C)(C)C)C23CC[C@]1(C)S3. The van der Waals surface area contributed by atoms with E-state index in [4.69, 9.17) is 4.74 Å². The minimum Gasteiger partial charge on any atom is -0.466 e. The number of carbonyl (C=O) groups excluding carboxylic acids is 3. The van der Waals surface area contributed by atoms with Gasteiger partial charge < -0.3 is 20.1 Å². The highest BCUT2D eigenvalue weighted by atomic mass is 32.2. The number of esters is 1. The van der Waals surface area contributed by atoms with E-state index in [0.717, 1.165) is 12.0 Å². The van der Waals surface area contributed by atoms with Gasteiger partial charge in [-0.1, -0.05) is 30.3 Å². The summed E-state index contributed by atoms with van der Waals surface area (Å²) >= 11 is 1.61. The van der Waals surface area contributed by atoms with Crippen LogP contribution in [0.4, 0.5) is 0 Å². The van der Waals surface area contributed by atoms with E-state index in [1.54, 1.807) is 23.6 Å². The van der Waals surface area contributed by atoms with Crippen LogP contribution < -0.4 is 5.32 Å². The van der Waals surface area contributed by atoms with Gasteiger partial charge in [-0.25, -0.2) is 0 Å². The van der Waals surface area contributed by atoms with E-state index >= 15 is 0 Å². The van der Waals surface area contributed by atoms with Crippen molar-refractivity contribution in [2.24, 2.45) is 11.8 Å². The highest BCUT2D eigenvalue weighted by Crippen LogP contribution is 2.71. The number of thioether (sulfide) groups is 1. The monoisotopic (exact) mass is 488 g/mol. The minimum absolute atomic E-state index is 0.224. The average Bonchev–Trinajstić information content (AvgIpc) is 3.32. The molecule has 8 heteroatoms. The number of aliphatic hydroxyl groups is 1. The van der Waals surface area contributed by atoms with Crippen molar-refractivity contribution in [1.29, 1.82) is 0 Å². The Morgan fingerprint density at radius 3 is 2.53 bits per heavy atom. The van der Waals surface area contributed by atoms with E-state index in [9.17, 15) is 19.5 Å². The maximum Gasteiger partial charge on any atom is 0.311 e. The number of carbonyl (C=O) groups is 3. The van der Waals surface area contributed by atoms with Crippen LogP contribution in [0.5, 0.6) is 0 Å². The Kier molecular flexibility index (Phi) is 6.53. The topological polar surface area (TPSA) is 95.9 Å². The van der Waals surface area contributed by atoms with E-state index in [0.29, 0.717) is 12.8 Å². The number of nitrogens with one attached hydrogen (secondary N) is 1. The van der Waals surface area contributed by atoms with Crippen molar-refractivity contribution >= 4 is 29.5 Å². The van der Waals surface area contributed by atoms with E-state index < -0.39 is 39.0 Å². The van der Waals surface area contributed by atoms with Crippen molar-refractivity contribution < 1.29 is 24.2 Å². The molecule has 7 nitrogen and oxygen atoms in total. The van der Waals surface area contributed by atoms with Gasteiger partial charge >= 0.3 is 5.97 Å². The quantitative estimate of drug-likeness (QED) is 0.573. The molecular formula is C26H36N2O5S. The molecule has 3 fully saturated rings. The van der Waals surface area contributed by atoms with E-state index in [1.165, 1.54) is 0 Å². The molecule has 1 spiro atoms. The fourth-order valence-electron chi connectivity index (χ4n) is 6.22. The summed E-state index contributed by atoms with van der Waals surface area (Å²) in [7, 11) is 0. The maximum atomic E-state index is 14.1. The van der Waals surface area contributed by atoms with Gasteiger partial charge in [0.05, 0.1) is 35.8 Å². The van der Waals surface area contributed by atoms with Crippen molar-refractivity contribution in [3.8, 4) is 0 Å². The predicted molar refractivity (Wildman–Crippen MR) is 131 cm³/mol. The highest BCUT2D eigenvalue weighted by molar-refractivity contribution is 8.02. The second-order valence-corrected chi connectivity index (χ2v) is 12.9. The van der Waals surface area contributed by atoms with E-state index in [1.807, 2.05) is 58.0 Å². The molecule has 3 saturated heterocycles. The molecule has 2 unspecified atom stereocenters. The number of nitrogens with zero attached hydrogens (tertiary/aromatic N) is 1. The first-order valence-electron chi connectivity index (χ1n) is 12.1. The van der Waals surface area contributed by atoms with Crippen LogP contribution in [-0.4, -0.2) is 68.1 Å². The van der Waals surface area contributed by atoms with Crippen molar-refractivity contribution in [2.75, 3.05) is 13.2 Å². The molecule has 2 N–H and O–H groups in total. The number of ether oxygens (including phenoxy) is 1. The van der Waals surface area contributed by atoms with Gasteiger partial charge in [-0.2, -0.15) is 0 Å². The van der Waals surface area contributed by atoms with Crippen molar-refractivity contribution in [1.82, 2.24) is 10.2 Å². The van der Waals surface area contributed by atoms with Crippen LogP contribution in [0.2, 0.25) is 0 Å². The molecule has 1 aromatic carbocycles. The summed E-state index contributed by atoms with van der Waals surface area (Å²) in [6, 6.07) is 8.33. The maximum absolute atomic E-state index is 14.1. The zero-order valence-corrected chi connectivity index (χ0v) is 21.5. The number of aliphatic hydroxyl groups excluding tert-OH is 1. The molecule has 4 rings (SSSR count). The average molecular weight is 489 g/mol. The van der Waals surface area contributed by atoms with Gasteiger partial charge in [0.15, 0.2) is 0 Å². The minimum atomic E-state index is -0.767. The fraction of sp³-hybridized carbons (Fsp3) is 0.654. The first-order chi connectivity index (χ1) is 16.0. The first-order valence-corrected chi connectivity index (χ1v) is 12.9. The molecule has 1 aromatic rings. The van der Waals surface area contributed by atoms with Gasteiger partial charge in [0.2, 0.25) is 11.8 Å². The molecular weight excluding hydrogens is 452 g/mol. The lowest BCUT2D eigenvalue weighted by atomic mass is 9.66. The zero-order chi connectivity index (χ0) is 24.9. The smallest absolute Gasteiger partial charge is 0.311 e. The fourth-order valence-corrected chi connectivity index (χ4v) is 8.55. The summed E-state index contributed by atoms with van der Waals surface area (Å²) in [5.74, 6) is -2.06. The number of benzene rings is 1. The van der Waals surface area contributed by atoms with Gasteiger partial charge in [-0.3, -0.25) is 14.4 Å². The van der Waals surface area contributed by atoms with Crippen LogP contribution in [0.15, 0.2) is 30.3 Å². The van der Waals surface area contributed by atoms with Crippen LogP contribution >= 0.6 is 11.8 Å². The molecule has 0 aliphatic carbocycles. The summed E-state index contributed by atoms with van der Waals surface area (Å²) in [6.07, 6.45) is 1.83. The molecule has 2 amide bonds. The molecule has 0 radical (unpaired) electrons. The van der Waals surface area contributed by atoms with Crippen LogP contribution in [0.1, 0.15) is 53.0 Å². The van der Waals surface area contributed by atoms with Gasteiger partial charge in [0, 0.05) is 10.3 Å². The largest absolute Gasteiger partial charge is 0.466 e. The lowest BCUT2D eigenvalue weighted by molar-refractivity contribution is -0.155. The molecule has 3 aliphatic rings. The normalized spacial score (nSPS) is 33.1. The number of hydrogen-bond donors (Lipinski definition) is 2. The van der Waals surface area contributed by atoms with Gasteiger partial charge in [0.25, 0.3) is 0 Å². The number of hydrogen-bond acceptors (Lipinski definition) is 6. The first kappa shape index (κ1) is 25.0. The lowest BCUT2D eigenvalue weighted by Gasteiger charge is -2.38. The van der Waals surface area contributed by atoms with Crippen LogP contribution in [0.25, 0.3) is 0 Å². The zero-order valence-electron chi connectivity index (χ0n) is 20.7. The molecule has 3 heterocycles. The molecule has 186 valence electrons. The Bertz CT molecular complexity index is 964. The predicted octanol–water partition coefficient (Wildman–Crippen LogP) is 2.55. The Morgan fingerprint density at radius 2 is 1.94 bits per heavy atom. The third kappa shape index (κ3) is 4.02. The van der Waals surface area contributed by atoms with E-state index in [2.05, 4.69) is 5.32 Å². The Hall–Kier alpha value is -2.06. The third-order valence-corrected chi connectivity index (χ3v) is 9.41. The molecule has 0 aromatic heterocycles.